The summed E-state index contributed by atoms with van der Waals surface area (Å²) in [6.07, 6.45) is 6.13. The number of anilines is 1. The van der Waals surface area contributed by atoms with Gasteiger partial charge in [-0.3, -0.25) is 4.90 Å². The van der Waals surface area contributed by atoms with Crippen LogP contribution in [0.5, 0.6) is 0 Å². The second kappa shape index (κ2) is 9.39. The van der Waals surface area contributed by atoms with Gasteiger partial charge in [0.2, 0.25) is 0 Å². The SMILES string of the molecule is CCOC(=O)N1CCN(Cc2nc(NC3CCCCC3)c3ccccc3n2)CC1. The standard InChI is InChI=1S/C22H31N5O2/c1-2-29-22(28)27-14-12-26(13-15-27)16-20-24-19-11-7-6-10-18(19)21(25-20)23-17-8-4-3-5-9-17/h6-7,10-11,17H,2-5,8-9,12-16H2,1H3,(H,23,24,25). The first-order valence-corrected chi connectivity index (χ1v) is 10.9. The van der Waals surface area contributed by atoms with Crippen LogP contribution < -0.4 is 5.32 Å². The Morgan fingerprint density at radius 1 is 1.10 bits per heavy atom. The first kappa shape index (κ1) is 19.9. The lowest BCUT2D eigenvalue weighted by molar-refractivity contribution is 0.0772. The van der Waals surface area contributed by atoms with E-state index in [-0.39, 0.29) is 6.09 Å². The van der Waals surface area contributed by atoms with Gasteiger partial charge in [-0.05, 0) is 31.9 Å². The summed E-state index contributed by atoms with van der Waals surface area (Å²) in [5, 5.41) is 4.79. The molecule has 2 aromatic rings. The molecule has 1 N–H and O–H groups in total. The molecule has 0 unspecified atom stereocenters. The molecule has 1 aliphatic carbocycles. The second-order valence-electron chi connectivity index (χ2n) is 7.95. The number of para-hydroxylation sites is 1. The summed E-state index contributed by atoms with van der Waals surface area (Å²) in [6, 6.07) is 8.74. The third-order valence-electron chi connectivity index (χ3n) is 5.86. The zero-order valence-electron chi connectivity index (χ0n) is 17.3. The molecule has 29 heavy (non-hydrogen) atoms. The number of amides is 1. The van der Waals surface area contributed by atoms with Crippen molar-refractivity contribution in [3.8, 4) is 0 Å². The zero-order valence-corrected chi connectivity index (χ0v) is 17.3. The maximum absolute atomic E-state index is 11.9. The topological polar surface area (TPSA) is 70.6 Å². The molecule has 0 spiro atoms. The van der Waals surface area contributed by atoms with Gasteiger partial charge in [-0.25, -0.2) is 14.8 Å². The van der Waals surface area contributed by atoms with Gasteiger partial charge in [0.15, 0.2) is 0 Å². The van der Waals surface area contributed by atoms with E-state index in [4.69, 9.17) is 14.7 Å². The number of nitrogens with one attached hydrogen (secondary N) is 1. The average molecular weight is 398 g/mol. The van der Waals surface area contributed by atoms with Crippen molar-refractivity contribution in [3.63, 3.8) is 0 Å². The van der Waals surface area contributed by atoms with E-state index in [1.807, 2.05) is 19.1 Å². The number of rotatable bonds is 5. The highest BCUT2D eigenvalue weighted by Gasteiger charge is 2.23. The average Bonchev–Trinajstić information content (AvgIpc) is 2.75. The summed E-state index contributed by atoms with van der Waals surface area (Å²) >= 11 is 0. The minimum atomic E-state index is -0.215. The van der Waals surface area contributed by atoms with Gasteiger partial charge >= 0.3 is 6.09 Å². The van der Waals surface area contributed by atoms with Crippen molar-refractivity contribution in [1.82, 2.24) is 19.8 Å². The van der Waals surface area contributed by atoms with Crippen molar-refractivity contribution in [1.29, 1.82) is 0 Å². The third kappa shape index (κ3) is 4.96. The zero-order chi connectivity index (χ0) is 20.1. The number of carbonyl (C=O) groups is 1. The van der Waals surface area contributed by atoms with Crippen LogP contribution in [-0.2, 0) is 11.3 Å². The maximum atomic E-state index is 11.9. The van der Waals surface area contributed by atoms with Gasteiger partial charge in [-0.15, -0.1) is 0 Å². The first-order chi connectivity index (χ1) is 14.2. The molecule has 7 nitrogen and oxygen atoms in total. The first-order valence-electron chi connectivity index (χ1n) is 10.9. The van der Waals surface area contributed by atoms with Crippen molar-refractivity contribution in [2.75, 3.05) is 38.1 Å². The summed E-state index contributed by atoms with van der Waals surface area (Å²) in [5.41, 5.74) is 0.987. The quantitative estimate of drug-likeness (QED) is 0.830. The number of ether oxygens (including phenoxy) is 1. The minimum Gasteiger partial charge on any atom is -0.450 e. The highest BCUT2D eigenvalue weighted by molar-refractivity contribution is 5.89. The van der Waals surface area contributed by atoms with Crippen LogP contribution in [0.25, 0.3) is 10.9 Å². The Bertz CT molecular complexity index is 829. The lowest BCUT2D eigenvalue weighted by Crippen LogP contribution is -2.48. The van der Waals surface area contributed by atoms with Crippen LogP contribution in [0.4, 0.5) is 10.6 Å². The highest BCUT2D eigenvalue weighted by atomic mass is 16.6. The Labute approximate surface area is 172 Å². The van der Waals surface area contributed by atoms with E-state index in [0.717, 1.165) is 35.6 Å². The molecule has 1 aromatic heterocycles. The molecule has 1 aromatic carbocycles. The number of piperazine rings is 1. The monoisotopic (exact) mass is 397 g/mol. The third-order valence-corrected chi connectivity index (χ3v) is 5.86. The molecule has 1 saturated carbocycles. The van der Waals surface area contributed by atoms with Crippen LogP contribution in [0, 0.1) is 0 Å². The fourth-order valence-corrected chi connectivity index (χ4v) is 4.25. The van der Waals surface area contributed by atoms with Crippen LogP contribution in [-0.4, -0.2) is 64.7 Å². The van der Waals surface area contributed by atoms with Gasteiger partial charge in [0, 0.05) is 37.6 Å². The predicted octanol–water partition coefficient (Wildman–Crippen LogP) is 3.65. The molecule has 0 radical (unpaired) electrons. The van der Waals surface area contributed by atoms with E-state index in [0.29, 0.717) is 32.3 Å². The van der Waals surface area contributed by atoms with Gasteiger partial charge in [-0.2, -0.15) is 0 Å². The lowest BCUT2D eigenvalue weighted by Gasteiger charge is -2.33. The maximum Gasteiger partial charge on any atom is 0.409 e. The van der Waals surface area contributed by atoms with Crippen LogP contribution in [0.15, 0.2) is 24.3 Å². The Balaban J connectivity index is 1.45. The number of hydrogen-bond donors (Lipinski definition) is 1. The molecule has 7 heteroatoms. The Kier molecular flexibility index (Phi) is 6.44. The number of fused-ring (bicyclic) bond motifs is 1. The molecule has 0 bridgehead atoms. The lowest BCUT2D eigenvalue weighted by atomic mass is 9.95. The highest BCUT2D eigenvalue weighted by Crippen LogP contribution is 2.26. The Morgan fingerprint density at radius 3 is 2.62 bits per heavy atom. The minimum absolute atomic E-state index is 0.215. The van der Waals surface area contributed by atoms with E-state index in [1.54, 1.807) is 4.90 Å². The van der Waals surface area contributed by atoms with Crippen LogP contribution >= 0.6 is 0 Å². The molecular formula is C22H31N5O2. The molecule has 2 heterocycles. The summed E-state index contributed by atoms with van der Waals surface area (Å²) in [7, 11) is 0. The van der Waals surface area contributed by atoms with E-state index >= 15 is 0 Å². The largest absolute Gasteiger partial charge is 0.450 e. The van der Waals surface area contributed by atoms with Crippen molar-refractivity contribution >= 4 is 22.8 Å². The summed E-state index contributed by atoms with van der Waals surface area (Å²) < 4.78 is 5.11. The fourth-order valence-electron chi connectivity index (χ4n) is 4.25. The number of carbonyl (C=O) groups excluding carboxylic acids is 1. The van der Waals surface area contributed by atoms with Crippen LogP contribution in [0.1, 0.15) is 44.9 Å². The molecule has 4 rings (SSSR count). The summed E-state index contributed by atoms with van der Waals surface area (Å²) in [4.78, 5) is 25.7. The molecule has 1 saturated heterocycles. The smallest absolute Gasteiger partial charge is 0.409 e. The number of nitrogens with zero attached hydrogens (tertiary/aromatic N) is 4. The summed E-state index contributed by atoms with van der Waals surface area (Å²) in [5.74, 6) is 1.80. The summed E-state index contributed by atoms with van der Waals surface area (Å²) in [6.45, 7) is 5.92. The molecule has 2 fully saturated rings. The predicted molar refractivity (Wildman–Crippen MR) is 114 cm³/mol. The normalized spacial score (nSPS) is 18.7. The molecular weight excluding hydrogens is 366 g/mol. The second-order valence-corrected chi connectivity index (χ2v) is 7.95. The van der Waals surface area contributed by atoms with E-state index in [1.165, 1.54) is 32.1 Å². The van der Waals surface area contributed by atoms with Crippen LogP contribution in [0.3, 0.4) is 0 Å². The van der Waals surface area contributed by atoms with Gasteiger partial charge in [0.25, 0.3) is 0 Å². The van der Waals surface area contributed by atoms with E-state index < -0.39 is 0 Å². The molecule has 156 valence electrons. The van der Waals surface area contributed by atoms with Gasteiger partial charge in [0.05, 0.1) is 18.7 Å². The molecule has 2 aliphatic rings. The molecule has 1 amide bonds. The van der Waals surface area contributed by atoms with Gasteiger partial charge in [0.1, 0.15) is 11.6 Å². The Morgan fingerprint density at radius 2 is 1.86 bits per heavy atom. The van der Waals surface area contributed by atoms with Gasteiger partial charge in [-0.1, -0.05) is 31.4 Å². The van der Waals surface area contributed by atoms with Crippen molar-refractivity contribution in [2.45, 2.75) is 51.6 Å². The Hall–Kier alpha value is -2.41. The van der Waals surface area contributed by atoms with Crippen LogP contribution in [0.2, 0.25) is 0 Å². The van der Waals surface area contributed by atoms with E-state index in [2.05, 4.69) is 22.3 Å². The molecule has 1 aliphatic heterocycles. The number of aromatic nitrogens is 2. The fraction of sp³-hybridized carbons (Fsp3) is 0.591. The number of benzene rings is 1. The molecule has 0 atom stereocenters. The van der Waals surface area contributed by atoms with Crippen molar-refractivity contribution in [3.05, 3.63) is 30.1 Å². The number of hydrogen-bond acceptors (Lipinski definition) is 6. The van der Waals surface area contributed by atoms with Crippen molar-refractivity contribution < 1.29 is 9.53 Å². The van der Waals surface area contributed by atoms with E-state index in [9.17, 15) is 4.79 Å². The van der Waals surface area contributed by atoms with Crippen molar-refractivity contribution in [2.24, 2.45) is 0 Å². The van der Waals surface area contributed by atoms with Gasteiger partial charge < -0.3 is 15.0 Å².